The lowest BCUT2D eigenvalue weighted by Gasteiger charge is -2.35. The molecule has 0 radical (unpaired) electrons. The molecule has 5 rings (SSSR count). The Balaban J connectivity index is 0.00000118. The minimum Gasteiger partial charge on any atom is -0.368 e. The van der Waals surface area contributed by atoms with Crippen LogP contribution < -0.4 is 0 Å². The highest BCUT2D eigenvalue weighted by molar-refractivity contribution is 6.30. The second-order valence-corrected chi connectivity index (χ2v) is 11.5. The van der Waals surface area contributed by atoms with Crippen molar-refractivity contribution < 1.29 is 4.74 Å². The van der Waals surface area contributed by atoms with Gasteiger partial charge in [0.05, 0.1) is 6.61 Å². The topological polar surface area (TPSA) is 12.5 Å². The summed E-state index contributed by atoms with van der Waals surface area (Å²) in [6.07, 6.45) is 3.40. The van der Waals surface area contributed by atoms with Crippen LogP contribution in [0.5, 0.6) is 0 Å². The van der Waals surface area contributed by atoms with Crippen LogP contribution in [0, 0.1) is 5.92 Å². The van der Waals surface area contributed by atoms with Gasteiger partial charge in [0.2, 0.25) is 0 Å². The zero-order chi connectivity index (χ0) is 28.2. The molecule has 1 saturated heterocycles. The second kappa shape index (κ2) is 16.0. The van der Waals surface area contributed by atoms with Crippen molar-refractivity contribution in [3.05, 3.63) is 141 Å². The van der Waals surface area contributed by atoms with Crippen LogP contribution in [0.25, 0.3) is 0 Å². The fourth-order valence-corrected chi connectivity index (χ4v) is 5.51. The van der Waals surface area contributed by atoms with Crippen LogP contribution in [0.15, 0.2) is 109 Å². The monoisotopic (exact) mass is 573 g/mol. The molecule has 0 aliphatic carbocycles. The van der Waals surface area contributed by atoms with Gasteiger partial charge in [0, 0.05) is 22.5 Å². The van der Waals surface area contributed by atoms with E-state index in [0.717, 1.165) is 60.3 Å². The van der Waals surface area contributed by atoms with E-state index in [4.69, 9.17) is 27.9 Å². The molecule has 0 saturated carbocycles. The Labute approximate surface area is 250 Å². The molecule has 4 aromatic carbocycles. The lowest BCUT2D eigenvalue weighted by molar-refractivity contribution is 0.0306. The van der Waals surface area contributed by atoms with E-state index in [-0.39, 0.29) is 6.10 Å². The zero-order valence-electron chi connectivity index (χ0n) is 23.7. The number of ether oxygens (including phenoxy) is 1. The van der Waals surface area contributed by atoms with Gasteiger partial charge in [0.15, 0.2) is 0 Å². The van der Waals surface area contributed by atoms with E-state index in [1.165, 1.54) is 17.5 Å². The number of benzene rings is 4. The Hall–Kier alpha value is -2.62. The average Bonchev–Trinajstić information content (AvgIpc) is 3.00. The summed E-state index contributed by atoms with van der Waals surface area (Å²) < 4.78 is 6.58. The lowest BCUT2D eigenvalue weighted by Crippen LogP contribution is -2.38. The van der Waals surface area contributed by atoms with E-state index in [0.29, 0.717) is 11.8 Å². The molecule has 0 aromatic heterocycles. The van der Waals surface area contributed by atoms with Gasteiger partial charge in [0.1, 0.15) is 6.10 Å². The number of hydrogen-bond acceptors (Lipinski definition) is 2. The standard InChI is InChI=1S/C33H33Cl2NO.C3H8/c34-30-15-11-28(12-16-30)33(29-13-17-31(35)18-14-29)37-24-25-19-21-36(22-20-25)23-32(26-7-3-1-4-8-26)27-9-5-2-6-10-27;1-3-2/h1-18,25,32-33H,19-24H2;3H2,1-2H3. The van der Waals surface area contributed by atoms with E-state index in [1.54, 1.807) is 0 Å². The van der Waals surface area contributed by atoms with Crippen LogP contribution in [-0.4, -0.2) is 31.1 Å². The maximum Gasteiger partial charge on any atom is 0.108 e. The lowest BCUT2D eigenvalue weighted by atomic mass is 9.89. The molecule has 40 heavy (non-hydrogen) atoms. The Morgan fingerprint density at radius 3 is 1.50 bits per heavy atom. The molecule has 4 heteroatoms. The van der Waals surface area contributed by atoms with Crippen LogP contribution in [0.3, 0.4) is 0 Å². The first-order valence-corrected chi connectivity index (χ1v) is 15.3. The van der Waals surface area contributed by atoms with Gasteiger partial charge in [-0.1, -0.05) is 128 Å². The van der Waals surface area contributed by atoms with Gasteiger partial charge >= 0.3 is 0 Å². The third-order valence-electron chi connectivity index (χ3n) is 7.40. The van der Waals surface area contributed by atoms with Crippen molar-refractivity contribution in [2.75, 3.05) is 26.2 Å². The molecule has 210 valence electrons. The summed E-state index contributed by atoms with van der Waals surface area (Å²) in [7, 11) is 0. The van der Waals surface area contributed by atoms with Gasteiger partial charge in [-0.2, -0.15) is 0 Å². The summed E-state index contributed by atoms with van der Waals surface area (Å²) in [5, 5.41) is 1.46. The Kier molecular flexibility index (Phi) is 12.1. The first-order valence-electron chi connectivity index (χ1n) is 14.5. The van der Waals surface area contributed by atoms with E-state index in [1.807, 2.05) is 24.3 Å². The Morgan fingerprint density at radius 1 is 0.650 bits per heavy atom. The predicted molar refractivity (Wildman–Crippen MR) is 171 cm³/mol. The normalized spacial score (nSPS) is 14.2. The number of piperidine rings is 1. The average molecular weight is 575 g/mol. The third kappa shape index (κ3) is 8.94. The van der Waals surface area contributed by atoms with Crippen LogP contribution in [-0.2, 0) is 4.74 Å². The Bertz CT molecular complexity index is 1150. The number of nitrogens with zero attached hydrogens (tertiary/aromatic N) is 1. The molecule has 1 fully saturated rings. The smallest absolute Gasteiger partial charge is 0.108 e. The zero-order valence-corrected chi connectivity index (χ0v) is 25.2. The Morgan fingerprint density at radius 2 is 1.07 bits per heavy atom. The second-order valence-electron chi connectivity index (χ2n) is 10.6. The van der Waals surface area contributed by atoms with Crippen molar-refractivity contribution in [1.82, 2.24) is 4.90 Å². The van der Waals surface area contributed by atoms with E-state index >= 15 is 0 Å². The first kappa shape index (κ1) is 30.3. The minimum absolute atomic E-state index is 0.131. The van der Waals surface area contributed by atoms with E-state index < -0.39 is 0 Å². The number of hydrogen-bond donors (Lipinski definition) is 0. The fourth-order valence-electron chi connectivity index (χ4n) is 5.26. The predicted octanol–water partition coefficient (Wildman–Crippen LogP) is 10.1. The summed E-state index contributed by atoms with van der Waals surface area (Å²) in [6.45, 7) is 8.22. The van der Waals surface area contributed by atoms with Crippen LogP contribution in [0.4, 0.5) is 0 Å². The molecule has 1 heterocycles. The molecule has 0 bridgehead atoms. The van der Waals surface area contributed by atoms with Gasteiger partial charge < -0.3 is 9.64 Å². The molecule has 2 nitrogen and oxygen atoms in total. The molecule has 4 aromatic rings. The molecule has 0 unspecified atom stereocenters. The highest BCUT2D eigenvalue weighted by Gasteiger charge is 2.25. The number of likely N-dealkylation sites (tertiary alicyclic amines) is 1. The maximum atomic E-state index is 6.58. The van der Waals surface area contributed by atoms with Crippen molar-refractivity contribution in [3.63, 3.8) is 0 Å². The first-order chi connectivity index (χ1) is 19.6. The van der Waals surface area contributed by atoms with Gasteiger partial charge in [-0.3, -0.25) is 0 Å². The van der Waals surface area contributed by atoms with Crippen LogP contribution >= 0.6 is 23.2 Å². The number of halogens is 2. The van der Waals surface area contributed by atoms with Crippen molar-refractivity contribution in [1.29, 1.82) is 0 Å². The molecular weight excluding hydrogens is 533 g/mol. The largest absolute Gasteiger partial charge is 0.368 e. The maximum absolute atomic E-state index is 6.58. The molecule has 0 N–H and O–H groups in total. The summed E-state index contributed by atoms with van der Waals surface area (Å²) >= 11 is 12.3. The van der Waals surface area contributed by atoms with Gasteiger partial charge in [-0.15, -0.1) is 0 Å². The highest BCUT2D eigenvalue weighted by atomic mass is 35.5. The summed E-state index contributed by atoms with van der Waals surface area (Å²) in [5.41, 5.74) is 4.98. The van der Waals surface area contributed by atoms with Crippen LogP contribution in [0.1, 0.15) is 67.4 Å². The number of rotatable bonds is 9. The molecule has 0 atom stereocenters. The summed E-state index contributed by atoms with van der Waals surface area (Å²) in [6, 6.07) is 37.7. The molecular formula is C36H41Cl2NO. The van der Waals surface area contributed by atoms with Crippen molar-refractivity contribution in [3.8, 4) is 0 Å². The fraction of sp³-hybridized carbons (Fsp3) is 0.333. The quantitative estimate of drug-likeness (QED) is 0.197. The van der Waals surface area contributed by atoms with Crippen molar-refractivity contribution >= 4 is 23.2 Å². The molecule has 0 amide bonds. The summed E-state index contributed by atoms with van der Waals surface area (Å²) in [4.78, 5) is 2.62. The van der Waals surface area contributed by atoms with Crippen molar-refractivity contribution in [2.24, 2.45) is 5.92 Å². The SMILES string of the molecule is CCC.Clc1ccc(C(OCC2CCN(CC(c3ccccc3)c3ccccc3)CC2)c2ccc(Cl)cc2)cc1. The summed E-state index contributed by atoms with van der Waals surface area (Å²) in [5.74, 6) is 0.930. The van der Waals surface area contributed by atoms with E-state index in [2.05, 4.69) is 104 Å². The molecule has 0 spiro atoms. The van der Waals surface area contributed by atoms with Crippen LogP contribution in [0.2, 0.25) is 10.0 Å². The van der Waals surface area contributed by atoms with Gasteiger partial charge in [-0.05, 0) is 78.4 Å². The minimum atomic E-state index is -0.131. The third-order valence-corrected chi connectivity index (χ3v) is 7.90. The van der Waals surface area contributed by atoms with E-state index in [9.17, 15) is 0 Å². The molecule has 1 aliphatic heterocycles. The molecule has 1 aliphatic rings. The van der Waals surface area contributed by atoms with Gasteiger partial charge in [0.25, 0.3) is 0 Å². The highest BCUT2D eigenvalue weighted by Crippen LogP contribution is 2.31. The van der Waals surface area contributed by atoms with Crippen molar-refractivity contribution in [2.45, 2.75) is 45.1 Å². The van der Waals surface area contributed by atoms with Gasteiger partial charge in [-0.25, -0.2) is 0 Å².